The molecule has 1 N–H and O–H groups in total. The smallest absolute Gasteiger partial charge is 0.120 e. The summed E-state index contributed by atoms with van der Waals surface area (Å²) in [6.45, 7) is 5.95. The highest BCUT2D eigenvalue weighted by molar-refractivity contribution is 5.84. The summed E-state index contributed by atoms with van der Waals surface area (Å²) in [4.78, 5) is 18.6. The van der Waals surface area contributed by atoms with E-state index in [1.54, 1.807) is 0 Å². The topological polar surface area (TPSA) is 97.6 Å². The van der Waals surface area contributed by atoms with Gasteiger partial charge in [-0.15, -0.1) is 0 Å². The van der Waals surface area contributed by atoms with Crippen molar-refractivity contribution in [3.63, 3.8) is 0 Å². The molecule has 0 atom stereocenters. The zero-order chi connectivity index (χ0) is 21.2. The van der Waals surface area contributed by atoms with E-state index in [-0.39, 0.29) is 0 Å². The SMILES string of the molecule is Cc1cccc(-c2n[nH]cc2-c2ccc3ncc(N4CCN(CC#N)CC4)cc3n2)n1. The molecule has 1 aliphatic heterocycles. The quantitative estimate of drug-likeness (QED) is 0.516. The molecule has 0 aliphatic carbocycles. The Kier molecular flexibility index (Phi) is 5.02. The number of piperazine rings is 1. The van der Waals surface area contributed by atoms with E-state index < -0.39 is 0 Å². The van der Waals surface area contributed by atoms with Gasteiger partial charge in [-0.1, -0.05) is 6.07 Å². The van der Waals surface area contributed by atoms with Crippen LogP contribution in [-0.4, -0.2) is 62.8 Å². The van der Waals surface area contributed by atoms with Crippen molar-refractivity contribution >= 4 is 16.7 Å². The highest BCUT2D eigenvalue weighted by Gasteiger charge is 2.18. The predicted molar refractivity (Wildman–Crippen MR) is 119 cm³/mol. The third-order valence-electron chi connectivity index (χ3n) is 5.60. The molecule has 0 bridgehead atoms. The normalized spacial score (nSPS) is 14.6. The van der Waals surface area contributed by atoms with Crippen molar-refractivity contribution in [2.75, 3.05) is 37.6 Å². The summed E-state index contributed by atoms with van der Waals surface area (Å²) < 4.78 is 0. The molecule has 0 unspecified atom stereocenters. The molecule has 8 nitrogen and oxygen atoms in total. The average molecular weight is 410 g/mol. The Morgan fingerprint density at radius 3 is 2.71 bits per heavy atom. The van der Waals surface area contributed by atoms with Gasteiger partial charge in [-0.2, -0.15) is 10.4 Å². The number of H-pyrrole nitrogens is 1. The average Bonchev–Trinajstić information content (AvgIpc) is 3.29. The van der Waals surface area contributed by atoms with Crippen LogP contribution in [0.4, 0.5) is 5.69 Å². The Labute approximate surface area is 180 Å². The summed E-state index contributed by atoms with van der Waals surface area (Å²) in [5.74, 6) is 0. The van der Waals surface area contributed by atoms with Crippen molar-refractivity contribution in [2.24, 2.45) is 0 Å². The van der Waals surface area contributed by atoms with Gasteiger partial charge in [0.15, 0.2) is 0 Å². The van der Waals surface area contributed by atoms with Gasteiger partial charge in [0, 0.05) is 43.6 Å². The second-order valence-electron chi connectivity index (χ2n) is 7.66. The van der Waals surface area contributed by atoms with Crippen LogP contribution < -0.4 is 4.90 Å². The lowest BCUT2D eigenvalue weighted by molar-refractivity contribution is 0.287. The number of aryl methyl sites for hydroxylation is 1. The van der Waals surface area contributed by atoms with Gasteiger partial charge in [-0.3, -0.25) is 20.0 Å². The fraction of sp³-hybridized carbons (Fsp3) is 0.261. The second-order valence-corrected chi connectivity index (χ2v) is 7.66. The van der Waals surface area contributed by atoms with Crippen LogP contribution in [0.15, 0.2) is 48.8 Å². The minimum atomic E-state index is 0.484. The van der Waals surface area contributed by atoms with E-state index in [2.05, 4.69) is 42.1 Å². The molecular weight excluding hydrogens is 388 g/mol. The number of rotatable bonds is 4. The Balaban J connectivity index is 1.46. The van der Waals surface area contributed by atoms with E-state index in [4.69, 9.17) is 10.2 Å². The Bertz CT molecular complexity index is 1260. The number of pyridine rings is 3. The maximum Gasteiger partial charge on any atom is 0.120 e. The van der Waals surface area contributed by atoms with Crippen molar-refractivity contribution < 1.29 is 0 Å². The first kappa shape index (κ1) is 19.2. The monoisotopic (exact) mass is 410 g/mol. The summed E-state index contributed by atoms with van der Waals surface area (Å²) >= 11 is 0. The standard InChI is InChI=1S/C23H22N8/c1-16-3-2-4-21(27-16)23-18(15-26-29-23)19-5-6-20-22(28-19)13-17(14-25-20)31-11-9-30(8-7-24)10-12-31/h2-6,13-15H,8-12H2,1H3,(H,26,29). The van der Waals surface area contributed by atoms with Crippen molar-refractivity contribution in [1.82, 2.24) is 30.0 Å². The molecule has 0 saturated carbocycles. The number of hydrogen-bond donors (Lipinski definition) is 1. The maximum absolute atomic E-state index is 8.90. The van der Waals surface area contributed by atoms with Crippen LogP contribution in [0, 0.1) is 18.3 Å². The predicted octanol–water partition coefficient (Wildman–Crippen LogP) is 3.04. The molecule has 1 fully saturated rings. The summed E-state index contributed by atoms with van der Waals surface area (Å²) in [6, 6.07) is 14.2. The van der Waals surface area contributed by atoms with Gasteiger partial charge in [0.1, 0.15) is 5.69 Å². The van der Waals surface area contributed by atoms with Crippen LogP contribution in [0.1, 0.15) is 5.69 Å². The lowest BCUT2D eigenvalue weighted by atomic mass is 10.1. The van der Waals surface area contributed by atoms with E-state index in [0.717, 1.165) is 71.2 Å². The summed E-state index contributed by atoms with van der Waals surface area (Å²) in [5, 5.41) is 16.3. The minimum Gasteiger partial charge on any atom is -0.368 e. The largest absolute Gasteiger partial charge is 0.368 e. The van der Waals surface area contributed by atoms with Crippen molar-refractivity contribution in [3.8, 4) is 28.7 Å². The summed E-state index contributed by atoms with van der Waals surface area (Å²) in [6.07, 6.45) is 3.77. The Morgan fingerprint density at radius 1 is 1.03 bits per heavy atom. The van der Waals surface area contributed by atoms with E-state index in [1.807, 2.05) is 49.6 Å². The Hall–Kier alpha value is -3.83. The number of nitrogens with zero attached hydrogens (tertiary/aromatic N) is 7. The van der Waals surface area contributed by atoms with Gasteiger partial charge in [0.25, 0.3) is 0 Å². The zero-order valence-corrected chi connectivity index (χ0v) is 17.3. The molecule has 1 aliphatic rings. The zero-order valence-electron chi connectivity index (χ0n) is 17.3. The number of aromatic nitrogens is 5. The molecule has 0 spiro atoms. The Morgan fingerprint density at radius 2 is 1.90 bits per heavy atom. The van der Waals surface area contributed by atoms with Crippen LogP contribution in [0.5, 0.6) is 0 Å². The van der Waals surface area contributed by atoms with Gasteiger partial charge in [-0.05, 0) is 37.3 Å². The first-order valence-electron chi connectivity index (χ1n) is 10.3. The molecule has 0 aromatic carbocycles. The molecule has 0 amide bonds. The van der Waals surface area contributed by atoms with Crippen molar-refractivity contribution in [2.45, 2.75) is 6.92 Å². The molecule has 4 aromatic heterocycles. The molecule has 8 heteroatoms. The van der Waals surface area contributed by atoms with Crippen molar-refractivity contribution in [1.29, 1.82) is 5.26 Å². The van der Waals surface area contributed by atoms with Gasteiger partial charge in [0.05, 0.1) is 46.9 Å². The number of aromatic amines is 1. The molecule has 0 radical (unpaired) electrons. The molecule has 4 aromatic rings. The molecule has 1 saturated heterocycles. The number of anilines is 1. The first-order chi connectivity index (χ1) is 15.2. The number of nitrogens with one attached hydrogen (secondary N) is 1. The van der Waals surface area contributed by atoms with Crippen LogP contribution in [0.2, 0.25) is 0 Å². The minimum absolute atomic E-state index is 0.484. The lowest BCUT2D eigenvalue weighted by Crippen LogP contribution is -2.46. The number of hydrogen-bond acceptors (Lipinski definition) is 7. The van der Waals surface area contributed by atoms with Crippen LogP contribution >= 0.6 is 0 Å². The maximum atomic E-state index is 8.90. The van der Waals surface area contributed by atoms with Gasteiger partial charge in [0.2, 0.25) is 0 Å². The van der Waals surface area contributed by atoms with Crippen LogP contribution in [0.3, 0.4) is 0 Å². The molecule has 5 heterocycles. The van der Waals surface area contributed by atoms with Crippen LogP contribution in [-0.2, 0) is 0 Å². The van der Waals surface area contributed by atoms with Crippen LogP contribution in [0.25, 0.3) is 33.7 Å². The number of nitriles is 1. The molecular formula is C23H22N8. The fourth-order valence-electron chi connectivity index (χ4n) is 3.94. The van der Waals surface area contributed by atoms with E-state index in [9.17, 15) is 0 Å². The first-order valence-corrected chi connectivity index (χ1v) is 10.3. The highest BCUT2D eigenvalue weighted by atomic mass is 15.3. The number of fused-ring (bicyclic) bond motifs is 1. The fourth-order valence-corrected chi connectivity index (χ4v) is 3.94. The lowest BCUT2D eigenvalue weighted by Gasteiger charge is -2.34. The molecule has 5 rings (SSSR count). The third-order valence-corrected chi connectivity index (χ3v) is 5.60. The van der Waals surface area contributed by atoms with Gasteiger partial charge in [-0.25, -0.2) is 4.98 Å². The highest BCUT2D eigenvalue weighted by Crippen LogP contribution is 2.29. The van der Waals surface area contributed by atoms with Crippen molar-refractivity contribution in [3.05, 3.63) is 54.5 Å². The molecule has 31 heavy (non-hydrogen) atoms. The molecule has 154 valence electrons. The van der Waals surface area contributed by atoms with E-state index >= 15 is 0 Å². The van der Waals surface area contributed by atoms with Gasteiger partial charge < -0.3 is 4.90 Å². The van der Waals surface area contributed by atoms with E-state index in [0.29, 0.717) is 6.54 Å². The summed E-state index contributed by atoms with van der Waals surface area (Å²) in [7, 11) is 0. The van der Waals surface area contributed by atoms with Gasteiger partial charge >= 0.3 is 0 Å². The summed E-state index contributed by atoms with van der Waals surface area (Å²) in [5.41, 5.74) is 7.05. The second kappa shape index (κ2) is 8.13. The third kappa shape index (κ3) is 3.83. The van der Waals surface area contributed by atoms with E-state index in [1.165, 1.54) is 0 Å².